The van der Waals surface area contributed by atoms with Gasteiger partial charge in [-0.2, -0.15) is 0 Å². The molecule has 1 aromatic heterocycles. The Morgan fingerprint density at radius 3 is 2.36 bits per heavy atom. The summed E-state index contributed by atoms with van der Waals surface area (Å²) in [6.07, 6.45) is 3.16. The fraction of sp³-hybridized carbons (Fsp3) is 0.300. The topological polar surface area (TPSA) is 58.2 Å². The lowest BCUT2D eigenvalue weighted by Crippen LogP contribution is -2.45. The average Bonchev–Trinajstić information content (AvgIpc) is 2.92. The molecule has 2 atom stereocenters. The summed E-state index contributed by atoms with van der Waals surface area (Å²) in [5.41, 5.74) is 2.06. The second-order valence-corrected chi connectivity index (χ2v) is 7.53. The Labute approximate surface area is 153 Å². The van der Waals surface area contributed by atoms with Crippen LogP contribution in [0.2, 0.25) is 0 Å². The van der Waals surface area contributed by atoms with Gasteiger partial charge in [-0.15, -0.1) is 11.3 Å². The second-order valence-electron chi connectivity index (χ2n) is 6.07. The van der Waals surface area contributed by atoms with Crippen molar-refractivity contribution in [2.24, 2.45) is 0 Å². The molecule has 2 aromatic rings. The van der Waals surface area contributed by atoms with Crippen LogP contribution in [0.15, 0.2) is 42.5 Å². The van der Waals surface area contributed by atoms with E-state index in [1.165, 1.54) is 15.8 Å². The van der Waals surface area contributed by atoms with Gasteiger partial charge in [-0.1, -0.05) is 30.3 Å². The molecule has 1 heterocycles. The third-order valence-electron chi connectivity index (χ3n) is 3.88. The highest BCUT2D eigenvalue weighted by Gasteiger charge is 2.19. The van der Waals surface area contributed by atoms with Crippen molar-refractivity contribution in [2.75, 3.05) is 0 Å². The zero-order chi connectivity index (χ0) is 18.4. The average molecular weight is 356 g/mol. The lowest BCUT2D eigenvalue weighted by molar-refractivity contribution is -0.127. The molecule has 0 radical (unpaired) electrons. The minimum atomic E-state index is -0.601. The molecule has 25 heavy (non-hydrogen) atoms. The smallest absolute Gasteiger partial charge is 0.244 e. The van der Waals surface area contributed by atoms with Gasteiger partial charge in [0.05, 0.1) is 6.04 Å². The third kappa shape index (κ3) is 5.57. The molecule has 0 aliphatic heterocycles. The molecule has 0 spiro atoms. The van der Waals surface area contributed by atoms with Crippen molar-refractivity contribution in [3.05, 3.63) is 63.4 Å². The number of thiophene rings is 1. The molecule has 2 unspecified atom stereocenters. The Bertz CT molecular complexity index is 765. The van der Waals surface area contributed by atoms with Gasteiger partial charge < -0.3 is 10.6 Å². The molecule has 0 saturated carbocycles. The summed E-state index contributed by atoms with van der Waals surface area (Å²) in [6, 6.07) is 11.0. The maximum absolute atomic E-state index is 12.3. The van der Waals surface area contributed by atoms with E-state index in [2.05, 4.69) is 30.5 Å². The largest absolute Gasteiger partial charge is 0.348 e. The van der Waals surface area contributed by atoms with E-state index >= 15 is 0 Å². The van der Waals surface area contributed by atoms with E-state index in [1.54, 1.807) is 24.3 Å². The highest BCUT2D eigenvalue weighted by Crippen LogP contribution is 2.26. The van der Waals surface area contributed by atoms with Crippen LogP contribution < -0.4 is 10.6 Å². The number of benzene rings is 1. The van der Waals surface area contributed by atoms with Gasteiger partial charge in [0.15, 0.2) is 0 Å². The van der Waals surface area contributed by atoms with Gasteiger partial charge in [0, 0.05) is 15.8 Å². The summed E-state index contributed by atoms with van der Waals surface area (Å²) >= 11 is 1.72. The van der Waals surface area contributed by atoms with Crippen molar-refractivity contribution < 1.29 is 9.59 Å². The van der Waals surface area contributed by atoms with Gasteiger partial charge in [-0.05, 0) is 51.0 Å². The number of rotatable bonds is 6. The number of hydrogen-bond acceptors (Lipinski definition) is 3. The number of carbonyl (C=O) groups excluding carboxylic acids is 2. The summed E-state index contributed by atoms with van der Waals surface area (Å²) in [4.78, 5) is 26.7. The van der Waals surface area contributed by atoms with Gasteiger partial charge >= 0.3 is 0 Å². The summed E-state index contributed by atoms with van der Waals surface area (Å²) < 4.78 is 0. The third-order valence-corrected chi connectivity index (χ3v) is 4.87. The number of amides is 2. The highest BCUT2D eigenvalue weighted by molar-refractivity contribution is 7.12. The lowest BCUT2D eigenvalue weighted by atomic mass is 10.1. The van der Waals surface area contributed by atoms with Crippen LogP contribution in [-0.2, 0) is 9.59 Å². The molecule has 0 aliphatic carbocycles. The Hall–Kier alpha value is -2.40. The first-order chi connectivity index (χ1) is 11.9. The van der Waals surface area contributed by atoms with Crippen molar-refractivity contribution in [3.63, 3.8) is 0 Å². The molecule has 0 fully saturated rings. The Kier molecular flexibility index (Phi) is 6.53. The summed E-state index contributed by atoms with van der Waals surface area (Å²) in [7, 11) is 0. The van der Waals surface area contributed by atoms with E-state index in [9.17, 15) is 9.59 Å². The fourth-order valence-corrected chi connectivity index (χ4v) is 3.58. The zero-order valence-corrected chi connectivity index (χ0v) is 15.8. The number of nitrogens with one attached hydrogen (secondary N) is 2. The Morgan fingerprint density at radius 1 is 1.08 bits per heavy atom. The van der Waals surface area contributed by atoms with Gasteiger partial charge in [-0.3, -0.25) is 9.59 Å². The van der Waals surface area contributed by atoms with Crippen LogP contribution in [0, 0.1) is 13.8 Å². The minimum Gasteiger partial charge on any atom is -0.348 e. The molecular weight excluding hydrogens is 332 g/mol. The fourth-order valence-electron chi connectivity index (χ4n) is 2.56. The molecule has 1 aromatic carbocycles. The molecule has 0 saturated heterocycles. The maximum atomic E-state index is 12.3. The Morgan fingerprint density at radius 2 is 1.76 bits per heavy atom. The van der Waals surface area contributed by atoms with Crippen molar-refractivity contribution in [1.29, 1.82) is 0 Å². The SMILES string of the molecule is Cc1cc(C(C)NC(=O)C(C)NC(=O)/C=C/c2ccccc2)c(C)s1. The van der Waals surface area contributed by atoms with Crippen LogP contribution in [0.5, 0.6) is 0 Å². The second kappa shape index (κ2) is 8.62. The van der Waals surface area contributed by atoms with Gasteiger partial charge in [0.25, 0.3) is 0 Å². The normalized spacial score (nSPS) is 13.4. The molecule has 0 bridgehead atoms. The van der Waals surface area contributed by atoms with Crippen LogP contribution in [0.1, 0.15) is 40.8 Å². The summed E-state index contributed by atoms with van der Waals surface area (Å²) in [5, 5.41) is 5.65. The summed E-state index contributed by atoms with van der Waals surface area (Å²) in [5.74, 6) is -0.487. The molecule has 2 N–H and O–H groups in total. The van der Waals surface area contributed by atoms with Crippen molar-refractivity contribution >= 4 is 29.2 Å². The lowest BCUT2D eigenvalue weighted by Gasteiger charge is -2.18. The molecular formula is C20H24N2O2S. The van der Waals surface area contributed by atoms with Crippen LogP contribution >= 0.6 is 11.3 Å². The standard InChI is InChI=1S/C20H24N2O2S/c1-13-12-18(16(4)25-13)14(2)22-20(24)15(3)21-19(23)11-10-17-8-6-5-7-9-17/h5-12,14-15H,1-4H3,(H,21,23)(H,22,24)/b11-10+. The van der Waals surface area contributed by atoms with Crippen LogP contribution in [-0.4, -0.2) is 17.9 Å². The molecule has 132 valence electrons. The predicted molar refractivity (Wildman–Crippen MR) is 103 cm³/mol. The van der Waals surface area contributed by atoms with Crippen LogP contribution in [0.3, 0.4) is 0 Å². The van der Waals surface area contributed by atoms with Crippen LogP contribution in [0.4, 0.5) is 0 Å². The quantitative estimate of drug-likeness (QED) is 0.774. The molecule has 0 aliphatic rings. The summed E-state index contributed by atoms with van der Waals surface area (Å²) in [6.45, 7) is 7.74. The number of carbonyl (C=O) groups is 2. The van der Waals surface area contributed by atoms with Crippen LogP contribution in [0.25, 0.3) is 6.08 Å². The van der Waals surface area contributed by atoms with E-state index in [1.807, 2.05) is 37.3 Å². The minimum absolute atomic E-state index is 0.0864. The van der Waals surface area contributed by atoms with E-state index in [4.69, 9.17) is 0 Å². The number of aryl methyl sites for hydroxylation is 2. The van der Waals surface area contributed by atoms with Gasteiger partial charge in [0.1, 0.15) is 6.04 Å². The first-order valence-corrected chi connectivity index (χ1v) is 9.09. The number of hydrogen-bond donors (Lipinski definition) is 2. The van der Waals surface area contributed by atoms with E-state index in [-0.39, 0.29) is 17.9 Å². The van der Waals surface area contributed by atoms with Crippen molar-refractivity contribution in [3.8, 4) is 0 Å². The van der Waals surface area contributed by atoms with E-state index in [0.29, 0.717) is 0 Å². The van der Waals surface area contributed by atoms with Crippen molar-refractivity contribution in [1.82, 2.24) is 10.6 Å². The predicted octanol–water partition coefficient (Wildman–Crippen LogP) is 3.76. The first-order valence-electron chi connectivity index (χ1n) is 8.27. The molecule has 2 amide bonds. The van der Waals surface area contributed by atoms with E-state index in [0.717, 1.165) is 11.1 Å². The molecule has 4 nitrogen and oxygen atoms in total. The van der Waals surface area contributed by atoms with E-state index < -0.39 is 6.04 Å². The molecule has 5 heteroatoms. The van der Waals surface area contributed by atoms with Gasteiger partial charge in [0.2, 0.25) is 11.8 Å². The van der Waals surface area contributed by atoms with Gasteiger partial charge in [-0.25, -0.2) is 0 Å². The highest BCUT2D eigenvalue weighted by atomic mass is 32.1. The maximum Gasteiger partial charge on any atom is 0.244 e. The monoisotopic (exact) mass is 356 g/mol. The van der Waals surface area contributed by atoms with Crippen molar-refractivity contribution in [2.45, 2.75) is 39.8 Å². The first kappa shape index (κ1) is 18.9. The zero-order valence-electron chi connectivity index (χ0n) is 15.0. The molecule has 2 rings (SSSR count). The Balaban J connectivity index is 1.88.